The average molecular weight is 262 g/mol. The summed E-state index contributed by atoms with van der Waals surface area (Å²) in [5.74, 6) is -1.58. The topological polar surface area (TPSA) is 63.0 Å². The van der Waals surface area contributed by atoms with E-state index in [4.69, 9.17) is 10.00 Å². The summed E-state index contributed by atoms with van der Waals surface area (Å²) in [5, 5.41) is 9.08. The lowest BCUT2D eigenvalue weighted by Gasteiger charge is -2.10. The van der Waals surface area contributed by atoms with Crippen molar-refractivity contribution in [2.45, 2.75) is 37.7 Å². The highest BCUT2D eigenvalue weighted by Crippen LogP contribution is 2.21. The lowest BCUT2D eigenvalue weighted by atomic mass is 9.96. The van der Waals surface area contributed by atoms with E-state index in [1.54, 1.807) is 0 Å². The van der Waals surface area contributed by atoms with Gasteiger partial charge in [-0.05, 0) is 31.4 Å². The van der Waals surface area contributed by atoms with Gasteiger partial charge in [0.1, 0.15) is 11.7 Å². The van der Waals surface area contributed by atoms with Crippen LogP contribution in [0.5, 0.6) is 0 Å². The Morgan fingerprint density at radius 1 is 1.63 bits per heavy atom. The van der Waals surface area contributed by atoms with E-state index in [9.17, 15) is 9.18 Å². The number of hydrogen-bond acceptors (Lipinski definition) is 4. The first-order chi connectivity index (χ1) is 9.20. The maximum atomic E-state index is 12.8. The lowest BCUT2D eigenvalue weighted by Crippen LogP contribution is -2.15. The molecule has 1 fully saturated rings. The van der Waals surface area contributed by atoms with Crippen molar-refractivity contribution in [3.63, 3.8) is 0 Å². The number of pyridine rings is 1. The van der Waals surface area contributed by atoms with Crippen molar-refractivity contribution in [1.29, 1.82) is 5.26 Å². The molecular weight excluding hydrogens is 247 g/mol. The minimum absolute atomic E-state index is 0.129. The van der Waals surface area contributed by atoms with Crippen molar-refractivity contribution in [1.82, 2.24) is 4.98 Å². The molecule has 0 bridgehead atoms. The van der Waals surface area contributed by atoms with E-state index in [0.717, 1.165) is 25.6 Å². The van der Waals surface area contributed by atoms with Crippen LogP contribution in [0.3, 0.4) is 0 Å². The Morgan fingerprint density at radius 2 is 2.47 bits per heavy atom. The number of carbonyl (C=O) groups excluding carboxylic acids is 1. The molecule has 0 unspecified atom stereocenters. The van der Waals surface area contributed by atoms with E-state index in [0.29, 0.717) is 18.5 Å². The molecule has 0 saturated carbocycles. The van der Waals surface area contributed by atoms with Gasteiger partial charge < -0.3 is 4.74 Å². The highest BCUT2D eigenvalue weighted by molar-refractivity contribution is 5.87. The zero-order valence-electron chi connectivity index (χ0n) is 10.5. The van der Waals surface area contributed by atoms with E-state index < -0.39 is 11.7 Å². The molecule has 0 amide bonds. The average Bonchev–Trinajstić information content (AvgIpc) is 2.92. The Balaban J connectivity index is 1.95. The Labute approximate surface area is 111 Å². The van der Waals surface area contributed by atoms with Gasteiger partial charge in [-0.15, -0.1) is 0 Å². The van der Waals surface area contributed by atoms with Crippen LogP contribution in [-0.4, -0.2) is 23.5 Å². The van der Waals surface area contributed by atoms with Crippen molar-refractivity contribution >= 4 is 5.78 Å². The van der Waals surface area contributed by atoms with Gasteiger partial charge in [0, 0.05) is 13.0 Å². The highest BCUT2D eigenvalue weighted by Gasteiger charge is 2.23. The van der Waals surface area contributed by atoms with Gasteiger partial charge in [0.15, 0.2) is 5.78 Å². The van der Waals surface area contributed by atoms with E-state index in [1.165, 1.54) is 12.1 Å². The van der Waals surface area contributed by atoms with Crippen LogP contribution in [0.4, 0.5) is 4.39 Å². The maximum absolute atomic E-state index is 12.8. The molecule has 5 heteroatoms. The SMILES string of the molecule is N#C[C@H](C(=O)CC[C@@H]1CCCO1)c1ccc(F)cn1. The minimum atomic E-state index is -0.915. The molecule has 100 valence electrons. The number of Topliss-reactive ketones (excluding diaryl/α,β-unsaturated/α-hetero) is 1. The number of nitrogens with zero attached hydrogens (tertiary/aromatic N) is 2. The number of ether oxygens (including phenoxy) is 1. The third-order valence-corrected chi connectivity index (χ3v) is 3.23. The fourth-order valence-corrected chi connectivity index (χ4v) is 2.18. The molecule has 2 heterocycles. The van der Waals surface area contributed by atoms with E-state index in [-0.39, 0.29) is 11.9 Å². The Morgan fingerprint density at radius 3 is 3.05 bits per heavy atom. The van der Waals surface area contributed by atoms with Crippen LogP contribution in [0.15, 0.2) is 18.3 Å². The van der Waals surface area contributed by atoms with Crippen molar-refractivity contribution in [2.24, 2.45) is 0 Å². The summed E-state index contributed by atoms with van der Waals surface area (Å²) in [6.45, 7) is 0.750. The van der Waals surface area contributed by atoms with Crippen molar-refractivity contribution in [2.75, 3.05) is 6.61 Å². The zero-order chi connectivity index (χ0) is 13.7. The predicted octanol–water partition coefficient (Wildman–Crippen LogP) is 2.36. The minimum Gasteiger partial charge on any atom is -0.378 e. The maximum Gasteiger partial charge on any atom is 0.156 e. The predicted molar refractivity (Wildman–Crippen MR) is 65.8 cm³/mol. The van der Waals surface area contributed by atoms with Gasteiger partial charge >= 0.3 is 0 Å². The number of nitriles is 1. The molecule has 0 radical (unpaired) electrons. The molecule has 1 aliphatic heterocycles. The summed E-state index contributed by atoms with van der Waals surface area (Å²) in [6, 6.07) is 4.53. The van der Waals surface area contributed by atoms with E-state index >= 15 is 0 Å². The Bertz CT molecular complexity index is 475. The molecule has 1 aliphatic rings. The summed E-state index contributed by atoms with van der Waals surface area (Å²) in [7, 11) is 0. The van der Waals surface area contributed by atoms with Gasteiger partial charge in [-0.2, -0.15) is 5.26 Å². The second-order valence-electron chi connectivity index (χ2n) is 4.60. The van der Waals surface area contributed by atoms with E-state index in [2.05, 4.69) is 4.98 Å². The van der Waals surface area contributed by atoms with Crippen LogP contribution in [-0.2, 0) is 9.53 Å². The fraction of sp³-hybridized carbons (Fsp3) is 0.500. The summed E-state index contributed by atoms with van der Waals surface area (Å²) in [4.78, 5) is 15.8. The molecule has 0 aromatic carbocycles. The standard InChI is InChI=1S/C14H15FN2O2/c15-10-3-5-13(17-9-10)12(8-16)14(18)6-4-11-2-1-7-19-11/h3,5,9,11-12H,1-2,4,6-7H2/t11-,12-/m0/s1. The molecule has 2 atom stereocenters. The molecule has 1 aromatic heterocycles. The smallest absolute Gasteiger partial charge is 0.156 e. The van der Waals surface area contributed by atoms with Gasteiger partial charge in [0.25, 0.3) is 0 Å². The Kier molecular flexibility index (Phi) is 4.58. The summed E-state index contributed by atoms with van der Waals surface area (Å²) >= 11 is 0. The van der Waals surface area contributed by atoms with E-state index in [1.807, 2.05) is 6.07 Å². The number of halogens is 1. The van der Waals surface area contributed by atoms with Crippen LogP contribution >= 0.6 is 0 Å². The molecule has 1 saturated heterocycles. The summed E-state index contributed by atoms with van der Waals surface area (Å²) in [6.07, 6.45) is 4.08. The molecule has 19 heavy (non-hydrogen) atoms. The van der Waals surface area contributed by atoms with Gasteiger partial charge in [-0.25, -0.2) is 4.39 Å². The summed E-state index contributed by atoms with van der Waals surface area (Å²) in [5.41, 5.74) is 0.307. The van der Waals surface area contributed by atoms with Crippen LogP contribution in [0, 0.1) is 17.1 Å². The normalized spacial score (nSPS) is 19.9. The first-order valence-corrected chi connectivity index (χ1v) is 6.36. The first-order valence-electron chi connectivity index (χ1n) is 6.36. The van der Waals surface area contributed by atoms with Crippen LogP contribution in [0.1, 0.15) is 37.3 Å². The third-order valence-electron chi connectivity index (χ3n) is 3.23. The number of carbonyl (C=O) groups is 1. The number of aromatic nitrogens is 1. The van der Waals surface area contributed by atoms with Gasteiger partial charge in [0.05, 0.1) is 24.1 Å². The van der Waals surface area contributed by atoms with Gasteiger partial charge in [0.2, 0.25) is 0 Å². The largest absolute Gasteiger partial charge is 0.378 e. The highest BCUT2D eigenvalue weighted by atomic mass is 19.1. The number of rotatable bonds is 5. The zero-order valence-corrected chi connectivity index (χ0v) is 10.5. The second kappa shape index (κ2) is 6.39. The van der Waals surface area contributed by atoms with Crippen molar-refractivity contribution in [3.05, 3.63) is 29.8 Å². The molecule has 0 aliphatic carbocycles. The monoisotopic (exact) mass is 262 g/mol. The van der Waals surface area contributed by atoms with Crippen molar-refractivity contribution in [3.8, 4) is 6.07 Å². The number of ketones is 1. The fourth-order valence-electron chi connectivity index (χ4n) is 2.18. The van der Waals surface area contributed by atoms with Gasteiger partial charge in [-0.3, -0.25) is 9.78 Å². The summed E-state index contributed by atoms with van der Waals surface area (Å²) < 4.78 is 18.2. The van der Waals surface area contributed by atoms with Crippen LogP contribution < -0.4 is 0 Å². The molecule has 4 nitrogen and oxygen atoms in total. The Hall–Kier alpha value is -1.80. The van der Waals surface area contributed by atoms with Gasteiger partial charge in [-0.1, -0.05) is 0 Å². The number of hydrogen-bond donors (Lipinski definition) is 0. The van der Waals surface area contributed by atoms with Crippen molar-refractivity contribution < 1.29 is 13.9 Å². The second-order valence-corrected chi connectivity index (χ2v) is 4.60. The first kappa shape index (κ1) is 13.6. The molecule has 1 aromatic rings. The molecule has 2 rings (SSSR count). The quantitative estimate of drug-likeness (QED) is 0.817. The lowest BCUT2D eigenvalue weighted by molar-refractivity contribution is -0.120. The molecule has 0 spiro atoms. The van der Waals surface area contributed by atoms with Crippen LogP contribution in [0.25, 0.3) is 0 Å². The molecular formula is C14H15FN2O2. The third kappa shape index (κ3) is 3.58. The van der Waals surface area contributed by atoms with Crippen LogP contribution in [0.2, 0.25) is 0 Å². The molecule has 0 N–H and O–H groups in total.